The van der Waals surface area contributed by atoms with E-state index in [1.165, 1.54) is 16.8 Å². The van der Waals surface area contributed by atoms with Crippen molar-refractivity contribution in [3.63, 3.8) is 0 Å². The molecular weight excluding hydrogens is 604 g/mol. The normalized spacial score (nSPS) is 15.0. The van der Waals surface area contributed by atoms with Crippen LogP contribution in [0, 0.1) is 11.6 Å². The van der Waals surface area contributed by atoms with E-state index in [2.05, 4.69) is 25.3 Å². The van der Waals surface area contributed by atoms with Crippen LogP contribution in [0.1, 0.15) is 10.4 Å². The Kier molecular flexibility index (Phi) is 8.04. The molecule has 0 aliphatic carbocycles. The summed E-state index contributed by atoms with van der Waals surface area (Å²) in [6.07, 6.45) is 3.13. The van der Waals surface area contributed by atoms with E-state index in [-0.39, 0.29) is 28.6 Å². The van der Waals surface area contributed by atoms with Crippen molar-refractivity contribution < 1.29 is 22.5 Å². The number of halogens is 2. The standard InChI is InChI=1S/C26H27F2N9O4S2/c1-43(40)12-4-30-24(38)15-13-18(17(28)14-16(15)27)35-8-5-34(6-9-35)7-10-36-22-20(42-26(36)39)23-31-21(19-3-2-11-41-19)33-37(23)25(29)32-22/h2-3,11,13-14,40H,4-10,12H2,1H3,(H2-,29,30,31,32,33,38)/p+1. The smallest absolute Gasteiger partial charge is 0.309 e. The molecule has 17 heteroatoms. The van der Waals surface area contributed by atoms with E-state index in [4.69, 9.17) is 10.2 Å². The number of nitrogens with zero attached hydrogens (tertiary/aromatic N) is 7. The molecule has 1 fully saturated rings. The van der Waals surface area contributed by atoms with Crippen molar-refractivity contribution in [1.29, 1.82) is 0 Å². The first kappa shape index (κ1) is 29.0. The Labute approximate surface area is 250 Å². The Morgan fingerprint density at radius 3 is 2.67 bits per heavy atom. The molecule has 226 valence electrons. The zero-order valence-electron chi connectivity index (χ0n) is 23.0. The van der Waals surface area contributed by atoms with E-state index in [0.717, 1.165) is 17.4 Å². The van der Waals surface area contributed by atoms with E-state index < -0.39 is 28.7 Å². The molecule has 1 aliphatic rings. The number of hydrogen-bond donors (Lipinski definition) is 3. The highest BCUT2D eigenvalue weighted by Gasteiger charge is 2.25. The molecule has 0 bridgehead atoms. The van der Waals surface area contributed by atoms with Gasteiger partial charge in [0.25, 0.3) is 5.91 Å². The van der Waals surface area contributed by atoms with Crippen LogP contribution in [0.15, 0.2) is 39.7 Å². The fraction of sp³-hybridized carbons (Fsp3) is 0.346. The number of rotatable bonds is 9. The van der Waals surface area contributed by atoms with Crippen molar-refractivity contribution in [2.75, 3.05) is 61.9 Å². The van der Waals surface area contributed by atoms with Crippen molar-refractivity contribution in [3.05, 3.63) is 57.4 Å². The molecule has 4 N–H and O–H groups in total. The van der Waals surface area contributed by atoms with Gasteiger partial charge in [-0.1, -0.05) is 11.3 Å². The highest BCUT2D eigenvalue weighted by atomic mass is 32.2. The summed E-state index contributed by atoms with van der Waals surface area (Å²) in [6.45, 7) is 3.05. The second kappa shape index (κ2) is 11.9. The summed E-state index contributed by atoms with van der Waals surface area (Å²) in [7, 11) is 0. The predicted octanol–water partition coefficient (Wildman–Crippen LogP) is 1.89. The van der Waals surface area contributed by atoms with Gasteiger partial charge in [-0.25, -0.2) is 13.8 Å². The van der Waals surface area contributed by atoms with Crippen LogP contribution in [0.3, 0.4) is 0 Å². The number of nitrogens with two attached hydrogens (primary N) is 1. The molecule has 1 aliphatic heterocycles. The van der Waals surface area contributed by atoms with E-state index in [1.807, 2.05) is 0 Å². The molecule has 1 atom stereocenters. The number of nitrogens with one attached hydrogen (secondary N) is 1. The van der Waals surface area contributed by atoms with Crippen LogP contribution >= 0.6 is 11.3 Å². The van der Waals surface area contributed by atoms with E-state index >= 15 is 0 Å². The molecule has 5 aromatic rings. The van der Waals surface area contributed by atoms with Crippen LogP contribution in [-0.4, -0.2) is 90.8 Å². The third-order valence-corrected chi connectivity index (χ3v) is 8.93. The monoisotopic (exact) mass is 632 g/mol. The van der Waals surface area contributed by atoms with Crippen LogP contribution in [0.2, 0.25) is 0 Å². The third-order valence-electron chi connectivity index (χ3n) is 7.17. The molecule has 1 saturated heterocycles. The molecular formula is C26H28F2N9O4S2+. The van der Waals surface area contributed by atoms with Crippen LogP contribution < -0.4 is 20.8 Å². The van der Waals surface area contributed by atoms with Crippen molar-refractivity contribution in [2.45, 2.75) is 6.54 Å². The average molecular weight is 633 g/mol. The third kappa shape index (κ3) is 5.80. The van der Waals surface area contributed by atoms with Crippen LogP contribution in [0.4, 0.5) is 20.4 Å². The van der Waals surface area contributed by atoms with E-state index in [0.29, 0.717) is 72.6 Å². The van der Waals surface area contributed by atoms with Crippen LogP contribution in [-0.2, 0) is 17.7 Å². The lowest BCUT2D eigenvalue weighted by Gasteiger charge is -2.36. The van der Waals surface area contributed by atoms with Gasteiger partial charge in [0.15, 0.2) is 22.8 Å². The summed E-state index contributed by atoms with van der Waals surface area (Å²) in [5.41, 5.74) is 6.90. The summed E-state index contributed by atoms with van der Waals surface area (Å²) in [6, 6.07) is 5.41. The van der Waals surface area contributed by atoms with E-state index in [1.54, 1.807) is 27.9 Å². The number of amides is 1. The maximum absolute atomic E-state index is 14.8. The van der Waals surface area contributed by atoms with Crippen molar-refractivity contribution in [2.24, 2.45) is 0 Å². The second-order valence-corrected chi connectivity index (χ2v) is 12.5. The Morgan fingerprint density at radius 2 is 1.95 bits per heavy atom. The SMILES string of the molecule is C[S+](O)CCNC(=O)c1cc(N2CCN(CCn3c(=O)sc4c3nc(N)n3nc(-c5ccco5)nc43)CC2)c(F)cc1F. The number of carbonyl (C=O) groups excluding carboxylic acids is 1. The summed E-state index contributed by atoms with van der Waals surface area (Å²) >= 11 is 0.157. The highest BCUT2D eigenvalue weighted by Crippen LogP contribution is 2.27. The number of piperazine rings is 1. The van der Waals surface area contributed by atoms with Gasteiger partial charge < -0.3 is 20.4 Å². The number of thiazole rings is 1. The molecule has 5 heterocycles. The number of carbonyl (C=O) groups is 1. The van der Waals surface area contributed by atoms with Crippen molar-refractivity contribution in [3.8, 4) is 11.6 Å². The Bertz CT molecular complexity index is 1850. The van der Waals surface area contributed by atoms with Gasteiger partial charge >= 0.3 is 4.87 Å². The topological polar surface area (TPSA) is 160 Å². The molecule has 43 heavy (non-hydrogen) atoms. The largest absolute Gasteiger partial charge is 0.461 e. The van der Waals surface area contributed by atoms with Gasteiger partial charge in [-0.05, 0) is 18.2 Å². The maximum atomic E-state index is 14.8. The average Bonchev–Trinajstić information content (AvgIpc) is 3.72. The minimum atomic E-state index is -0.944. The summed E-state index contributed by atoms with van der Waals surface area (Å²) in [5, 5.41) is 6.93. The maximum Gasteiger partial charge on any atom is 0.309 e. The molecule has 1 aromatic carbocycles. The number of benzene rings is 1. The number of anilines is 2. The predicted molar refractivity (Wildman–Crippen MR) is 161 cm³/mol. The Morgan fingerprint density at radius 1 is 1.16 bits per heavy atom. The van der Waals surface area contributed by atoms with Gasteiger partial charge in [0.2, 0.25) is 11.8 Å². The summed E-state index contributed by atoms with van der Waals surface area (Å²) < 4.78 is 47.5. The van der Waals surface area contributed by atoms with Gasteiger partial charge in [0, 0.05) is 45.3 Å². The molecule has 4 aromatic heterocycles. The number of furan rings is 1. The summed E-state index contributed by atoms with van der Waals surface area (Å²) in [4.78, 5) is 38.1. The summed E-state index contributed by atoms with van der Waals surface area (Å²) in [5.74, 6) is -1.12. The minimum absolute atomic E-state index is 0.0886. The van der Waals surface area contributed by atoms with Crippen LogP contribution in [0.5, 0.6) is 0 Å². The lowest BCUT2D eigenvalue weighted by molar-refractivity contribution is 0.0952. The second-order valence-electron chi connectivity index (χ2n) is 9.96. The van der Waals surface area contributed by atoms with Gasteiger partial charge in [0.05, 0.1) is 24.1 Å². The first-order chi connectivity index (χ1) is 20.7. The van der Waals surface area contributed by atoms with Gasteiger partial charge in [0.1, 0.15) is 33.8 Å². The molecule has 1 unspecified atom stereocenters. The van der Waals surface area contributed by atoms with Gasteiger partial charge in [-0.3, -0.25) is 19.1 Å². The fourth-order valence-corrected chi connectivity index (χ4v) is 6.28. The molecule has 0 saturated carbocycles. The van der Waals surface area contributed by atoms with Gasteiger partial charge in [-0.15, -0.1) is 5.10 Å². The van der Waals surface area contributed by atoms with E-state index in [9.17, 15) is 22.9 Å². The fourth-order valence-electron chi connectivity index (χ4n) is 4.95. The van der Waals surface area contributed by atoms with Crippen LogP contribution in [0.25, 0.3) is 27.6 Å². The zero-order chi connectivity index (χ0) is 30.2. The quantitative estimate of drug-likeness (QED) is 0.205. The molecule has 0 radical (unpaired) electrons. The number of fused-ring (bicyclic) bond motifs is 3. The minimum Gasteiger partial charge on any atom is -0.461 e. The number of nitrogen functional groups attached to an aromatic ring is 1. The Balaban J connectivity index is 1.13. The molecule has 13 nitrogen and oxygen atoms in total. The zero-order valence-corrected chi connectivity index (χ0v) is 24.6. The number of aromatic nitrogens is 5. The lowest BCUT2D eigenvalue weighted by atomic mass is 10.1. The Hall–Kier alpha value is -4.06. The van der Waals surface area contributed by atoms with Crippen molar-refractivity contribution >= 4 is 56.0 Å². The first-order valence-corrected chi connectivity index (χ1v) is 15.9. The molecule has 0 spiro atoms. The van der Waals surface area contributed by atoms with Gasteiger partial charge in [-0.2, -0.15) is 14.1 Å². The number of hydrogen-bond acceptors (Lipinski definition) is 11. The molecule has 1 amide bonds. The molecule has 6 rings (SSSR count). The highest BCUT2D eigenvalue weighted by molar-refractivity contribution is 7.90. The first-order valence-electron chi connectivity index (χ1n) is 13.3. The van der Waals surface area contributed by atoms with Crippen molar-refractivity contribution in [1.82, 2.24) is 34.4 Å². The lowest BCUT2D eigenvalue weighted by Crippen LogP contribution is -2.47.